The van der Waals surface area contributed by atoms with E-state index < -0.39 is 0 Å². The van der Waals surface area contributed by atoms with Crippen LogP contribution >= 0.6 is 0 Å². The fourth-order valence-corrected chi connectivity index (χ4v) is 3.81. The van der Waals surface area contributed by atoms with Gasteiger partial charge in [0, 0.05) is 11.8 Å². The molecule has 0 aliphatic heterocycles. The maximum Gasteiger partial charge on any atom is 0.0977 e. The lowest BCUT2D eigenvalue weighted by Gasteiger charge is -2.30. The molecule has 0 aliphatic rings. The van der Waals surface area contributed by atoms with E-state index in [1.54, 1.807) is 0 Å². The monoisotopic (exact) mass is 450 g/mol. The first kappa shape index (κ1) is 29.1. The number of hydrogen-bond donors (Lipinski definition) is 0. The molecule has 0 saturated heterocycles. The van der Waals surface area contributed by atoms with Crippen LogP contribution in [0, 0.1) is 10.8 Å². The molecule has 0 amide bonds. The van der Waals surface area contributed by atoms with E-state index in [4.69, 9.17) is 19.6 Å². The molecule has 0 radical (unpaired) electrons. The normalized spacial score (nSPS) is 16.6. The standard InChI is InChI=1S/C28H50O4/c1-11-15-25(27(5,6)7)31-29-19-21(3)23-17-13-14-18-24(23)22(4)20-30-32-26(16-12-2)28(8,9)10/h13-14,17-18,21-22,25-26H,11-12,15-16,19-20H2,1-10H3. The van der Waals surface area contributed by atoms with E-state index in [0.29, 0.717) is 13.2 Å². The Morgan fingerprint density at radius 2 is 1.00 bits per heavy atom. The Hall–Kier alpha value is -0.940. The molecule has 4 nitrogen and oxygen atoms in total. The van der Waals surface area contributed by atoms with Crippen LogP contribution in [0.25, 0.3) is 0 Å². The number of rotatable bonds is 14. The number of hydrogen-bond acceptors (Lipinski definition) is 4. The second-order valence-electron chi connectivity index (χ2n) is 11.5. The van der Waals surface area contributed by atoms with E-state index in [1.165, 1.54) is 11.1 Å². The number of benzene rings is 1. The molecule has 0 bridgehead atoms. The highest BCUT2D eigenvalue weighted by Gasteiger charge is 2.27. The van der Waals surface area contributed by atoms with Gasteiger partial charge in [-0.1, -0.05) is 106 Å². The maximum absolute atomic E-state index is 5.84. The smallest absolute Gasteiger partial charge is 0.0977 e. The van der Waals surface area contributed by atoms with Crippen LogP contribution in [0.1, 0.15) is 118 Å². The third-order valence-electron chi connectivity index (χ3n) is 6.10. The molecule has 4 heteroatoms. The molecule has 0 fully saturated rings. The minimum Gasteiger partial charge on any atom is -0.236 e. The van der Waals surface area contributed by atoms with Gasteiger partial charge in [-0.3, -0.25) is 0 Å². The molecule has 1 aromatic rings. The lowest BCUT2D eigenvalue weighted by Crippen LogP contribution is -2.30. The first-order valence-electron chi connectivity index (χ1n) is 12.6. The Bertz CT molecular complexity index is 574. The molecule has 186 valence electrons. The van der Waals surface area contributed by atoms with Crippen molar-refractivity contribution in [1.29, 1.82) is 0 Å². The van der Waals surface area contributed by atoms with Gasteiger partial charge in [-0.15, -0.1) is 0 Å². The van der Waals surface area contributed by atoms with Crippen LogP contribution in [0.4, 0.5) is 0 Å². The van der Waals surface area contributed by atoms with Crippen molar-refractivity contribution in [2.75, 3.05) is 13.2 Å². The molecule has 1 aromatic carbocycles. The molecule has 0 N–H and O–H groups in total. The van der Waals surface area contributed by atoms with Gasteiger partial charge in [0.2, 0.25) is 0 Å². The van der Waals surface area contributed by atoms with E-state index in [-0.39, 0.29) is 34.9 Å². The van der Waals surface area contributed by atoms with E-state index >= 15 is 0 Å². The highest BCUT2D eigenvalue weighted by molar-refractivity contribution is 5.33. The second-order valence-corrected chi connectivity index (χ2v) is 11.5. The minimum absolute atomic E-state index is 0.0612. The maximum atomic E-state index is 5.84. The molecular weight excluding hydrogens is 400 g/mol. The highest BCUT2D eigenvalue weighted by atomic mass is 17.2. The first-order valence-corrected chi connectivity index (χ1v) is 12.6. The van der Waals surface area contributed by atoms with E-state index in [9.17, 15) is 0 Å². The average molecular weight is 451 g/mol. The zero-order valence-corrected chi connectivity index (χ0v) is 22.5. The molecule has 32 heavy (non-hydrogen) atoms. The third kappa shape index (κ3) is 9.91. The molecular formula is C28H50O4. The molecule has 0 aromatic heterocycles. The van der Waals surface area contributed by atoms with Crippen LogP contribution < -0.4 is 0 Å². The van der Waals surface area contributed by atoms with Gasteiger partial charge < -0.3 is 0 Å². The molecule has 0 heterocycles. The van der Waals surface area contributed by atoms with Crippen molar-refractivity contribution in [1.82, 2.24) is 0 Å². The van der Waals surface area contributed by atoms with Crippen LogP contribution in [-0.2, 0) is 19.6 Å². The van der Waals surface area contributed by atoms with Crippen LogP contribution in [0.3, 0.4) is 0 Å². The first-order chi connectivity index (χ1) is 14.9. The predicted octanol–water partition coefficient (Wildman–Crippen LogP) is 8.22. The van der Waals surface area contributed by atoms with Crippen molar-refractivity contribution in [3.8, 4) is 0 Å². The van der Waals surface area contributed by atoms with Gasteiger partial charge in [0.1, 0.15) is 0 Å². The van der Waals surface area contributed by atoms with Gasteiger partial charge in [-0.05, 0) is 34.8 Å². The molecule has 1 rings (SSSR count). The molecule has 4 atom stereocenters. The summed E-state index contributed by atoms with van der Waals surface area (Å²) in [5.41, 5.74) is 2.67. The van der Waals surface area contributed by atoms with Crippen LogP contribution in [0.15, 0.2) is 24.3 Å². The molecule has 4 unspecified atom stereocenters. The Morgan fingerprint density at radius 1 is 0.656 bits per heavy atom. The molecule has 0 aliphatic carbocycles. The van der Waals surface area contributed by atoms with Gasteiger partial charge in [-0.25, -0.2) is 19.6 Å². The minimum atomic E-state index is 0.0612. The van der Waals surface area contributed by atoms with E-state index in [1.807, 2.05) is 0 Å². The van der Waals surface area contributed by atoms with Crippen LogP contribution in [0.5, 0.6) is 0 Å². The van der Waals surface area contributed by atoms with Crippen molar-refractivity contribution in [2.24, 2.45) is 10.8 Å². The van der Waals surface area contributed by atoms with Crippen molar-refractivity contribution < 1.29 is 19.6 Å². The van der Waals surface area contributed by atoms with Crippen molar-refractivity contribution in [2.45, 2.75) is 119 Å². The van der Waals surface area contributed by atoms with Crippen molar-refractivity contribution >= 4 is 0 Å². The summed E-state index contributed by atoms with van der Waals surface area (Å²) in [6, 6.07) is 8.55. The summed E-state index contributed by atoms with van der Waals surface area (Å²) in [6.45, 7) is 23.0. The summed E-state index contributed by atoms with van der Waals surface area (Å²) in [6.07, 6.45) is 4.35. The molecule has 0 saturated carbocycles. The lowest BCUT2D eigenvalue weighted by molar-refractivity contribution is -0.344. The van der Waals surface area contributed by atoms with Crippen molar-refractivity contribution in [3.05, 3.63) is 35.4 Å². The highest BCUT2D eigenvalue weighted by Crippen LogP contribution is 2.30. The predicted molar refractivity (Wildman–Crippen MR) is 134 cm³/mol. The topological polar surface area (TPSA) is 36.9 Å². The third-order valence-corrected chi connectivity index (χ3v) is 6.10. The van der Waals surface area contributed by atoms with Gasteiger partial charge in [0.05, 0.1) is 25.4 Å². The summed E-state index contributed by atoms with van der Waals surface area (Å²) in [7, 11) is 0. The van der Waals surface area contributed by atoms with Crippen LogP contribution in [0.2, 0.25) is 0 Å². The van der Waals surface area contributed by atoms with Gasteiger partial charge in [-0.2, -0.15) is 0 Å². The van der Waals surface area contributed by atoms with Gasteiger partial charge in [0.25, 0.3) is 0 Å². The summed E-state index contributed by atoms with van der Waals surface area (Å²) < 4.78 is 0. The SMILES string of the molecule is CCCC(OOCC(C)c1ccccc1C(C)COOC(CCC)C(C)(C)C)C(C)(C)C. The largest absolute Gasteiger partial charge is 0.236 e. The summed E-state index contributed by atoms with van der Waals surface area (Å²) >= 11 is 0. The fraction of sp³-hybridized carbons (Fsp3) is 0.786. The Labute approximate surface area is 198 Å². The summed E-state index contributed by atoms with van der Waals surface area (Å²) in [4.78, 5) is 23.2. The van der Waals surface area contributed by atoms with E-state index in [2.05, 4.69) is 93.5 Å². The Balaban J connectivity index is 2.69. The zero-order valence-electron chi connectivity index (χ0n) is 22.5. The lowest BCUT2D eigenvalue weighted by atomic mass is 9.86. The molecule has 0 spiro atoms. The Kier molecular flexibility index (Phi) is 12.4. The van der Waals surface area contributed by atoms with Gasteiger partial charge in [0.15, 0.2) is 0 Å². The quantitative estimate of drug-likeness (QED) is 0.211. The van der Waals surface area contributed by atoms with Crippen LogP contribution in [-0.4, -0.2) is 25.4 Å². The van der Waals surface area contributed by atoms with E-state index in [0.717, 1.165) is 25.7 Å². The summed E-state index contributed by atoms with van der Waals surface area (Å²) in [5, 5.41) is 0. The van der Waals surface area contributed by atoms with Crippen molar-refractivity contribution in [3.63, 3.8) is 0 Å². The average Bonchev–Trinajstić information content (AvgIpc) is 2.70. The zero-order chi connectivity index (χ0) is 24.4. The van der Waals surface area contributed by atoms with Gasteiger partial charge >= 0.3 is 0 Å². The second kappa shape index (κ2) is 13.7. The fourth-order valence-electron chi connectivity index (χ4n) is 3.81. The Morgan fingerprint density at radius 3 is 1.28 bits per heavy atom. The summed E-state index contributed by atoms with van der Waals surface area (Å²) in [5.74, 6) is 0.443.